The van der Waals surface area contributed by atoms with Gasteiger partial charge in [-0.05, 0) is 36.5 Å². The molecule has 1 aliphatic rings. The highest BCUT2D eigenvalue weighted by Crippen LogP contribution is 2.31. The van der Waals surface area contributed by atoms with E-state index in [-0.39, 0.29) is 24.2 Å². The molecule has 0 aliphatic carbocycles. The fourth-order valence-electron chi connectivity index (χ4n) is 4.92. The third-order valence-electron chi connectivity index (χ3n) is 6.73. The first-order chi connectivity index (χ1) is 17.7. The first kappa shape index (κ1) is 26.1. The summed E-state index contributed by atoms with van der Waals surface area (Å²) in [5, 5.41) is 0. The largest absolute Gasteiger partial charge is 0.466 e. The van der Waals surface area contributed by atoms with Gasteiger partial charge in [0, 0.05) is 12.6 Å². The standard InChI is InChI=1S/C31H37NO4/c1-2-35-31(33)20-28-18-19-30(36-23-27-16-10-5-11-17-27)29(24-34-22-26-14-8-4-9-15-26)32(28)21-25-12-6-3-7-13-25/h3-17,28-30H,2,18-24H2,1H3. The Morgan fingerprint density at radius 3 is 2.00 bits per heavy atom. The smallest absolute Gasteiger partial charge is 0.307 e. The van der Waals surface area contributed by atoms with Gasteiger partial charge in [0.05, 0.1) is 45.0 Å². The molecule has 0 bridgehead atoms. The van der Waals surface area contributed by atoms with Crippen LogP contribution in [0.15, 0.2) is 91.0 Å². The number of carbonyl (C=O) groups excluding carboxylic acids is 1. The maximum absolute atomic E-state index is 12.5. The molecule has 5 nitrogen and oxygen atoms in total. The van der Waals surface area contributed by atoms with Crippen LogP contribution in [0.4, 0.5) is 0 Å². The van der Waals surface area contributed by atoms with E-state index >= 15 is 0 Å². The van der Waals surface area contributed by atoms with Crippen molar-refractivity contribution in [3.8, 4) is 0 Å². The van der Waals surface area contributed by atoms with E-state index in [4.69, 9.17) is 14.2 Å². The Hall–Kier alpha value is -2.99. The molecule has 5 heteroatoms. The topological polar surface area (TPSA) is 48.0 Å². The predicted octanol–water partition coefficient (Wildman–Crippen LogP) is 5.78. The summed E-state index contributed by atoms with van der Waals surface area (Å²) >= 11 is 0. The van der Waals surface area contributed by atoms with Gasteiger partial charge in [0.25, 0.3) is 0 Å². The number of likely N-dealkylation sites (tertiary alicyclic amines) is 1. The summed E-state index contributed by atoms with van der Waals surface area (Å²) in [6.07, 6.45) is 2.13. The fourth-order valence-corrected chi connectivity index (χ4v) is 4.92. The van der Waals surface area contributed by atoms with Crippen LogP contribution in [0.1, 0.15) is 42.9 Å². The van der Waals surface area contributed by atoms with E-state index in [1.807, 2.05) is 49.4 Å². The van der Waals surface area contributed by atoms with Crippen molar-refractivity contribution in [2.75, 3.05) is 13.2 Å². The second-order valence-electron chi connectivity index (χ2n) is 9.30. The van der Waals surface area contributed by atoms with Crippen LogP contribution in [0.3, 0.4) is 0 Å². The number of esters is 1. The van der Waals surface area contributed by atoms with Gasteiger partial charge in [-0.3, -0.25) is 9.69 Å². The molecule has 0 aromatic heterocycles. The first-order valence-electron chi connectivity index (χ1n) is 13.0. The molecule has 0 radical (unpaired) electrons. The van der Waals surface area contributed by atoms with Crippen LogP contribution in [-0.2, 0) is 38.8 Å². The van der Waals surface area contributed by atoms with Crippen molar-refractivity contribution in [1.82, 2.24) is 4.90 Å². The molecule has 1 heterocycles. The van der Waals surface area contributed by atoms with Crippen molar-refractivity contribution in [2.24, 2.45) is 0 Å². The Bertz CT molecular complexity index is 1030. The van der Waals surface area contributed by atoms with E-state index in [0.717, 1.165) is 30.5 Å². The highest BCUT2D eigenvalue weighted by atomic mass is 16.5. The molecule has 3 aromatic rings. The Morgan fingerprint density at radius 1 is 0.806 bits per heavy atom. The number of piperidine rings is 1. The van der Waals surface area contributed by atoms with E-state index in [0.29, 0.717) is 32.8 Å². The quantitative estimate of drug-likeness (QED) is 0.303. The molecule has 190 valence electrons. The Labute approximate surface area is 215 Å². The third kappa shape index (κ3) is 7.76. The number of ether oxygens (including phenoxy) is 3. The molecule has 0 N–H and O–H groups in total. The van der Waals surface area contributed by atoms with Crippen molar-refractivity contribution in [3.05, 3.63) is 108 Å². The van der Waals surface area contributed by atoms with Crippen molar-refractivity contribution in [1.29, 1.82) is 0 Å². The number of hydrogen-bond donors (Lipinski definition) is 0. The van der Waals surface area contributed by atoms with Crippen LogP contribution >= 0.6 is 0 Å². The highest BCUT2D eigenvalue weighted by molar-refractivity contribution is 5.70. The molecule has 3 aromatic carbocycles. The molecule has 1 fully saturated rings. The second kappa shape index (κ2) is 13.9. The molecule has 3 unspecified atom stereocenters. The van der Waals surface area contributed by atoms with E-state index < -0.39 is 0 Å². The monoisotopic (exact) mass is 487 g/mol. The molecule has 36 heavy (non-hydrogen) atoms. The Kier molecular flexibility index (Phi) is 10.1. The molecule has 1 aliphatic heterocycles. The minimum atomic E-state index is -0.145. The summed E-state index contributed by atoms with van der Waals surface area (Å²) in [6, 6.07) is 31.0. The van der Waals surface area contributed by atoms with Crippen molar-refractivity contribution < 1.29 is 19.0 Å². The average Bonchev–Trinajstić information content (AvgIpc) is 2.91. The number of hydrogen-bond acceptors (Lipinski definition) is 5. The molecular weight excluding hydrogens is 450 g/mol. The summed E-state index contributed by atoms with van der Waals surface area (Å²) in [7, 11) is 0. The predicted molar refractivity (Wildman–Crippen MR) is 141 cm³/mol. The minimum absolute atomic E-state index is 0.00290. The number of rotatable bonds is 12. The number of benzene rings is 3. The third-order valence-corrected chi connectivity index (χ3v) is 6.73. The highest BCUT2D eigenvalue weighted by Gasteiger charge is 2.39. The SMILES string of the molecule is CCOC(=O)CC1CCC(OCc2ccccc2)C(COCc2ccccc2)N1Cc1ccccc1. The molecule has 3 atom stereocenters. The molecule has 0 spiro atoms. The first-order valence-corrected chi connectivity index (χ1v) is 13.0. The van der Waals surface area contributed by atoms with Crippen molar-refractivity contribution >= 4 is 5.97 Å². The summed E-state index contributed by atoms with van der Waals surface area (Å²) in [4.78, 5) is 14.9. The van der Waals surface area contributed by atoms with Crippen molar-refractivity contribution in [2.45, 2.75) is 64.1 Å². The van der Waals surface area contributed by atoms with Gasteiger partial charge in [0.2, 0.25) is 0 Å². The molecule has 0 amide bonds. The maximum atomic E-state index is 12.5. The Balaban J connectivity index is 1.53. The van der Waals surface area contributed by atoms with Gasteiger partial charge < -0.3 is 14.2 Å². The van der Waals surface area contributed by atoms with Gasteiger partial charge in [-0.2, -0.15) is 0 Å². The maximum Gasteiger partial charge on any atom is 0.307 e. The zero-order chi connectivity index (χ0) is 25.0. The molecule has 4 rings (SSSR count). The zero-order valence-electron chi connectivity index (χ0n) is 21.1. The lowest BCUT2D eigenvalue weighted by molar-refractivity contribution is -0.148. The van der Waals surface area contributed by atoms with Crippen LogP contribution < -0.4 is 0 Å². The van der Waals surface area contributed by atoms with Gasteiger partial charge in [-0.15, -0.1) is 0 Å². The van der Waals surface area contributed by atoms with Crippen LogP contribution in [0.5, 0.6) is 0 Å². The van der Waals surface area contributed by atoms with E-state index in [2.05, 4.69) is 53.4 Å². The lowest BCUT2D eigenvalue weighted by Crippen LogP contribution is -2.56. The number of carbonyl (C=O) groups is 1. The van der Waals surface area contributed by atoms with Gasteiger partial charge in [-0.25, -0.2) is 0 Å². The lowest BCUT2D eigenvalue weighted by Gasteiger charge is -2.46. The summed E-state index contributed by atoms with van der Waals surface area (Å²) in [5.41, 5.74) is 3.51. The second-order valence-corrected chi connectivity index (χ2v) is 9.30. The summed E-state index contributed by atoms with van der Waals surface area (Å²) in [6.45, 7) is 4.62. The minimum Gasteiger partial charge on any atom is -0.466 e. The number of nitrogens with zero attached hydrogens (tertiary/aromatic N) is 1. The summed E-state index contributed by atoms with van der Waals surface area (Å²) < 4.78 is 18.1. The van der Waals surface area contributed by atoms with E-state index in [1.54, 1.807) is 0 Å². The fraction of sp³-hybridized carbons (Fsp3) is 0.387. The normalized spacial score (nSPS) is 20.2. The van der Waals surface area contributed by atoms with Crippen LogP contribution in [0.25, 0.3) is 0 Å². The molecular formula is C31H37NO4. The molecule has 1 saturated heterocycles. The van der Waals surface area contributed by atoms with E-state index in [1.165, 1.54) is 5.56 Å². The zero-order valence-corrected chi connectivity index (χ0v) is 21.1. The van der Waals surface area contributed by atoms with Gasteiger partial charge in [0.1, 0.15) is 0 Å². The van der Waals surface area contributed by atoms with Gasteiger partial charge in [0.15, 0.2) is 0 Å². The van der Waals surface area contributed by atoms with Crippen LogP contribution in [0, 0.1) is 0 Å². The lowest BCUT2D eigenvalue weighted by atomic mass is 9.90. The van der Waals surface area contributed by atoms with E-state index in [9.17, 15) is 4.79 Å². The van der Waals surface area contributed by atoms with Gasteiger partial charge in [-0.1, -0.05) is 91.0 Å². The van der Waals surface area contributed by atoms with Crippen LogP contribution in [-0.4, -0.2) is 42.3 Å². The van der Waals surface area contributed by atoms with Gasteiger partial charge >= 0.3 is 5.97 Å². The Morgan fingerprint density at radius 2 is 1.39 bits per heavy atom. The van der Waals surface area contributed by atoms with Crippen LogP contribution in [0.2, 0.25) is 0 Å². The summed E-state index contributed by atoms with van der Waals surface area (Å²) in [5.74, 6) is -0.145. The van der Waals surface area contributed by atoms with Crippen molar-refractivity contribution in [3.63, 3.8) is 0 Å². The average molecular weight is 488 g/mol. The molecule has 0 saturated carbocycles.